The lowest BCUT2D eigenvalue weighted by atomic mass is 10.2. The summed E-state index contributed by atoms with van der Waals surface area (Å²) in [4.78, 5) is 35.0. The van der Waals surface area contributed by atoms with E-state index in [1.807, 2.05) is 12.2 Å². The van der Waals surface area contributed by atoms with Crippen LogP contribution in [-0.2, 0) is 32.7 Å². The van der Waals surface area contributed by atoms with Crippen LogP contribution >= 0.6 is 7.82 Å². The van der Waals surface area contributed by atoms with Gasteiger partial charge in [-0.05, 0) is 96.9 Å². The zero-order valence-corrected chi connectivity index (χ0v) is 35.7. The van der Waals surface area contributed by atoms with Crippen LogP contribution in [0.25, 0.3) is 0 Å². The molecule has 0 radical (unpaired) electrons. The van der Waals surface area contributed by atoms with Crippen LogP contribution in [0.15, 0.2) is 109 Å². The Morgan fingerprint density at radius 1 is 0.571 bits per heavy atom. The molecule has 2 atom stereocenters. The minimum absolute atomic E-state index is 0.0426. The van der Waals surface area contributed by atoms with Crippen molar-refractivity contribution in [3.05, 3.63) is 109 Å². The molecule has 0 bridgehead atoms. The van der Waals surface area contributed by atoms with Gasteiger partial charge in [0.25, 0.3) is 0 Å². The summed E-state index contributed by atoms with van der Waals surface area (Å²) in [7, 11) is -2.70. The standard InChI is InChI=1S/C46H74NO8P/c1-4-6-8-10-12-14-16-18-20-22-24-26-28-30-32-34-36-38-45(48)52-42-44(43-54-56(50,51)53-41-40-47-3)55-46(49)39-37-35-33-31-29-27-25-23-21-19-17-15-13-11-9-7-5-2/h6,8,12-15,18-21,24-27,30-33,44,47H,4-5,7,9-11,16-17,22-23,28-29,34-43H2,1-3H3,(H,50,51)/b8-6-,14-12-,15-13-,20-18-,21-19-,26-24-,27-25-,32-30-,33-31-. The van der Waals surface area contributed by atoms with Gasteiger partial charge >= 0.3 is 19.8 Å². The highest BCUT2D eigenvalue weighted by atomic mass is 31.2. The van der Waals surface area contributed by atoms with Crippen molar-refractivity contribution in [1.29, 1.82) is 0 Å². The summed E-state index contributed by atoms with van der Waals surface area (Å²) in [6.07, 6.45) is 52.9. The molecule has 0 heterocycles. The molecule has 0 saturated carbocycles. The highest BCUT2D eigenvalue weighted by Gasteiger charge is 2.26. The second kappa shape index (κ2) is 41.3. The van der Waals surface area contributed by atoms with E-state index in [9.17, 15) is 19.0 Å². The first kappa shape index (κ1) is 52.7. The number of hydrogen-bond donors (Lipinski definition) is 2. The maximum absolute atomic E-state index is 12.6. The minimum atomic E-state index is -4.38. The summed E-state index contributed by atoms with van der Waals surface area (Å²) in [6, 6.07) is 0. The van der Waals surface area contributed by atoms with E-state index >= 15 is 0 Å². The molecule has 0 aromatic rings. The number of unbranched alkanes of at least 4 members (excludes halogenated alkanes) is 5. The van der Waals surface area contributed by atoms with Gasteiger partial charge in [0.2, 0.25) is 0 Å². The van der Waals surface area contributed by atoms with E-state index < -0.39 is 32.5 Å². The van der Waals surface area contributed by atoms with E-state index in [-0.39, 0.29) is 26.1 Å². The Kier molecular flexibility index (Phi) is 38.9. The third kappa shape index (κ3) is 40.3. The van der Waals surface area contributed by atoms with Crippen molar-refractivity contribution in [2.24, 2.45) is 0 Å². The van der Waals surface area contributed by atoms with Crippen molar-refractivity contribution in [3.8, 4) is 0 Å². The Morgan fingerprint density at radius 3 is 1.45 bits per heavy atom. The number of esters is 2. The number of allylic oxidation sites excluding steroid dienone is 18. The number of rotatable bonds is 37. The van der Waals surface area contributed by atoms with Crippen LogP contribution in [0.3, 0.4) is 0 Å². The van der Waals surface area contributed by atoms with Crippen LogP contribution in [0.1, 0.15) is 129 Å². The highest BCUT2D eigenvalue weighted by molar-refractivity contribution is 7.47. The van der Waals surface area contributed by atoms with Gasteiger partial charge < -0.3 is 19.7 Å². The van der Waals surface area contributed by atoms with Crippen molar-refractivity contribution >= 4 is 19.8 Å². The highest BCUT2D eigenvalue weighted by Crippen LogP contribution is 2.43. The first-order chi connectivity index (χ1) is 27.3. The number of ether oxygens (including phenoxy) is 2. The number of likely N-dealkylation sites (N-methyl/N-ethyl adjacent to an activating group) is 1. The lowest BCUT2D eigenvalue weighted by Gasteiger charge is -2.20. The predicted molar refractivity (Wildman–Crippen MR) is 233 cm³/mol. The van der Waals surface area contributed by atoms with Crippen LogP contribution in [0.2, 0.25) is 0 Å². The van der Waals surface area contributed by atoms with E-state index in [1.165, 1.54) is 19.3 Å². The minimum Gasteiger partial charge on any atom is -0.462 e. The van der Waals surface area contributed by atoms with Crippen molar-refractivity contribution in [1.82, 2.24) is 5.32 Å². The number of nitrogens with one attached hydrogen (secondary N) is 1. The van der Waals surface area contributed by atoms with Gasteiger partial charge in [0, 0.05) is 19.4 Å². The predicted octanol–water partition coefficient (Wildman–Crippen LogP) is 11.9. The molecule has 0 fully saturated rings. The number of carbonyl (C=O) groups is 2. The fourth-order valence-corrected chi connectivity index (χ4v) is 5.51. The van der Waals surface area contributed by atoms with Crippen molar-refractivity contribution < 1.29 is 37.6 Å². The van der Waals surface area contributed by atoms with Gasteiger partial charge in [0.15, 0.2) is 6.10 Å². The Morgan fingerprint density at radius 2 is 1.00 bits per heavy atom. The fourth-order valence-electron chi connectivity index (χ4n) is 4.75. The van der Waals surface area contributed by atoms with Gasteiger partial charge in [0.1, 0.15) is 6.61 Å². The van der Waals surface area contributed by atoms with Crippen molar-refractivity contribution in [2.45, 2.75) is 136 Å². The Hall–Kier alpha value is -3.33. The van der Waals surface area contributed by atoms with Crippen LogP contribution in [0.5, 0.6) is 0 Å². The molecule has 0 aliphatic carbocycles. The molecule has 316 valence electrons. The number of carbonyl (C=O) groups excluding carboxylic acids is 2. The average molecular weight is 800 g/mol. The quantitative estimate of drug-likeness (QED) is 0.0274. The molecule has 0 saturated heterocycles. The molecule has 0 aliphatic heterocycles. The molecule has 0 aromatic heterocycles. The summed E-state index contributed by atoms with van der Waals surface area (Å²) >= 11 is 0. The van der Waals surface area contributed by atoms with Gasteiger partial charge in [-0.25, -0.2) is 4.57 Å². The average Bonchev–Trinajstić information content (AvgIpc) is 3.18. The van der Waals surface area contributed by atoms with Gasteiger partial charge in [0.05, 0.1) is 13.2 Å². The molecule has 0 spiro atoms. The zero-order valence-electron chi connectivity index (χ0n) is 34.8. The lowest BCUT2D eigenvalue weighted by Crippen LogP contribution is -2.29. The van der Waals surface area contributed by atoms with Crippen LogP contribution in [0.4, 0.5) is 0 Å². The molecule has 0 aromatic carbocycles. The first-order valence-corrected chi connectivity index (χ1v) is 22.3. The molecule has 0 rings (SSSR count). The maximum Gasteiger partial charge on any atom is 0.472 e. The smallest absolute Gasteiger partial charge is 0.462 e. The van der Waals surface area contributed by atoms with Crippen molar-refractivity contribution in [3.63, 3.8) is 0 Å². The molecule has 0 aliphatic rings. The third-order valence-corrected chi connectivity index (χ3v) is 8.86. The summed E-state index contributed by atoms with van der Waals surface area (Å²) in [5.74, 6) is -0.954. The van der Waals surface area contributed by atoms with Crippen LogP contribution < -0.4 is 5.32 Å². The molecule has 10 heteroatoms. The Labute approximate surface area is 340 Å². The second-order valence-electron chi connectivity index (χ2n) is 13.1. The molecule has 9 nitrogen and oxygen atoms in total. The van der Waals surface area contributed by atoms with Crippen LogP contribution in [0, 0.1) is 0 Å². The topological polar surface area (TPSA) is 120 Å². The van der Waals surface area contributed by atoms with Gasteiger partial charge in [-0.15, -0.1) is 0 Å². The summed E-state index contributed by atoms with van der Waals surface area (Å²) in [6.45, 7) is 3.91. The van der Waals surface area contributed by atoms with E-state index in [4.69, 9.17) is 18.5 Å². The zero-order chi connectivity index (χ0) is 41.1. The van der Waals surface area contributed by atoms with Gasteiger partial charge in [-0.2, -0.15) is 0 Å². The van der Waals surface area contributed by atoms with E-state index in [1.54, 1.807) is 7.05 Å². The molecular formula is C46H74NO8P. The normalized spacial score (nSPS) is 14.4. The number of phosphoric acid groups is 1. The van der Waals surface area contributed by atoms with E-state index in [0.29, 0.717) is 25.8 Å². The first-order valence-electron chi connectivity index (χ1n) is 20.8. The van der Waals surface area contributed by atoms with Crippen LogP contribution in [-0.4, -0.2) is 56.3 Å². The third-order valence-electron chi connectivity index (χ3n) is 7.88. The molecule has 2 unspecified atom stereocenters. The fraction of sp³-hybridized carbons (Fsp3) is 0.565. The summed E-state index contributed by atoms with van der Waals surface area (Å²) in [5, 5.41) is 2.81. The Bertz CT molecular complexity index is 1280. The van der Waals surface area contributed by atoms with E-state index in [2.05, 4.69) is 116 Å². The SMILES string of the molecule is CC/C=C\C/C=C\C/C=C\C/C=C\C/C=C\CCCC(=O)OCC(COP(=O)(O)OCCNC)OC(=O)CCC/C=C\C/C=C\C/C=C\C/C=C\CCCCC. The molecular weight excluding hydrogens is 725 g/mol. The second-order valence-corrected chi connectivity index (χ2v) is 14.5. The van der Waals surface area contributed by atoms with Crippen molar-refractivity contribution in [2.75, 3.05) is 33.4 Å². The Balaban J connectivity index is 4.47. The summed E-state index contributed by atoms with van der Waals surface area (Å²) in [5.41, 5.74) is 0. The molecule has 2 N–H and O–H groups in total. The van der Waals surface area contributed by atoms with E-state index in [0.717, 1.165) is 64.2 Å². The summed E-state index contributed by atoms with van der Waals surface area (Å²) < 4.78 is 33.0. The monoisotopic (exact) mass is 800 g/mol. The maximum atomic E-state index is 12.6. The molecule has 56 heavy (non-hydrogen) atoms. The number of phosphoric ester groups is 1. The molecule has 0 amide bonds. The van der Waals surface area contributed by atoms with Gasteiger partial charge in [-0.3, -0.25) is 18.6 Å². The largest absolute Gasteiger partial charge is 0.472 e. The van der Waals surface area contributed by atoms with Gasteiger partial charge in [-0.1, -0.05) is 136 Å². The lowest BCUT2D eigenvalue weighted by molar-refractivity contribution is -0.161. The number of hydrogen-bond acceptors (Lipinski definition) is 8.